The first-order valence-corrected chi connectivity index (χ1v) is 9.48. The number of amides is 2. The topological polar surface area (TPSA) is 72.1 Å². The number of hydrogen-bond acceptors (Lipinski definition) is 5. The van der Waals surface area contributed by atoms with Crippen molar-refractivity contribution in [1.82, 2.24) is 5.01 Å². The molecule has 2 amide bonds. The number of hydrazone groups is 1. The molecule has 2 bridgehead atoms. The molecular formula is C21H17ClN2O4. The van der Waals surface area contributed by atoms with Crippen molar-refractivity contribution >= 4 is 29.6 Å². The van der Waals surface area contributed by atoms with Gasteiger partial charge in [-0.3, -0.25) is 9.59 Å². The molecule has 28 heavy (non-hydrogen) atoms. The number of nitrogens with zero attached hydrogens (tertiary/aromatic N) is 2. The maximum atomic E-state index is 12.7. The van der Waals surface area contributed by atoms with Gasteiger partial charge < -0.3 is 9.15 Å². The van der Waals surface area contributed by atoms with Gasteiger partial charge in [0.15, 0.2) is 0 Å². The summed E-state index contributed by atoms with van der Waals surface area (Å²) >= 11 is 6.07. The van der Waals surface area contributed by atoms with Crippen molar-refractivity contribution in [2.45, 2.75) is 6.42 Å². The van der Waals surface area contributed by atoms with Crippen molar-refractivity contribution in [3.05, 3.63) is 53.3 Å². The molecule has 1 saturated carbocycles. The fraction of sp³-hybridized carbons (Fsp3) is 0.286. The number of benzene rings is 1. The Morgan fingerprint density at radius 3 is 2.54 bits per heavy atom. The van der Waals surface area contributed by atoms with Crippen LogP contribution < -0.4 is 4.74 Å². The third kappa shape index (κ3) is 2.52. The molecule has 5 rings (SSSR count). The average molecular weight is 397 g/mol. The second-order valence-electron chi connectivity index (χ2n) is 7.28. The summed E-state index contributed by atoms with van der Waals surface area (Å²) in [6, 6.07) is 8.73. The van der Waals surface area contributed by atoms with E-state index < -0.39 is 0 Å². The highest BCUT2D eigenvalue weighted by atomic mass is 35.5. The second-order valence-corrected chi connectivity index (χ2v) is 7.72. The zero-order valence-corrected chi connectivity index (χ0v) is 15.8. The van der Waals surface area contributed by atoms with Crippen molar-refractivity contribution < 1.29 is 18.7 Å². The molecule has 4 unspecified atom stereocenters. The Morgan fingerprint density at radius 1 is 1.14 bits per heavy atom. The van der Waals surface area contributed by atoms with Crippen LogP contribution in [0.4, 0.5) is 0 Å². The van der Waals surface area contributed by atoms with Crippen LogP contribution in [-0.2, 0) is 9.59 Å². The molecule has 2 fully saturated rings. The van der Waals surface area contributed by atoms with Gasteiger partial charge >= 0.3 is 0 Å². The van der Waals surface area contributed by atoms with E-state index in [0.29, 0.717) is 27.9 Å². The normalized spacial score (nSPS) is 28.0. The maximum Gasteiger partial charge on any atom is 0.254 e. The van der Waals surface area contributed by atoms with E-state index in [-0.39, 0.29) is 35.5 Å². The number of imide groups is 1. The third-order valence-electron chi connectivity index (χ3n) is 5.80. The number of methoxy groups -OCH3 is 1. The van der Waals surface area contributed by atoms with Crippen LogP contribution in [0.5, 0.6) is 5.75 Å². The van der Waals surface area contributed by atoms with E-state index in [1.54, 1.807) is 37.4 Å². The minimum Gasteiger partial charge on any atom is -0.496 e. The van der Waals surface area contributed by atoms with Crippen molar-refractivity contribution in [1.29, 1.82) is 0 Å². The maximum absolute atomic E-state index is 12.7. The van der Waals surface area contributed by atoms with Gasteiger partial charge in [-0.15, -0.1) is 0 Å². The lowest BCUT2D eigenvalue weighted by atomic mass is 9.85. The zero-order chi connectivity index (χ0) is 19.4. The molecule has 6 nitrogen and oxygen atoms in total. The zero-order valence-electron chi connectivity index (χ0n) is 15.0. The van der Waals surface area contributed by atoms with Crippen LogP contribution in [0.3, 0.4) is 0 Å². The van der Waals surface area contributed by atoms with Gasteiger partial charge in [0.2, 0.25) is 0 Å². The molecule has 2 heterocycles. The number of allylic oxidation sites excluding steroid dienone is 2. The van der Waals surface area contributed by atoms with E-state index in [1.807, 2.05) is 0 Å². The molecule has 0 spiro atoms. The molecule has 3 aliphatic rings. The Labute approximate surface area is 166 Å². The highest BCUT2D eigenvalue weighted by molar-refractivity contribution is 6.31. The van der Waals surface area contributed by atoms with E-state index in [2.05, 4.69) is 17.3 Å². The lowest BCUT2D eigenvalue weighted by Crippen LogP contribution is -2.28. The van der Waals surface area contributed by atoms with Crippen LogP contribution in [-0.4, -0.2) is 30.1 Å². The van der Waals surface area contributed by atoms with Gasteiger partial charge in [0, 0.05) is 5.02 Å². The van der Waals surface area contributed by atoms with E-state index in [0.717, 1.165) is 11.4 Å². The van der Waals surface area contributed by atoms with Crippen LogP contribution in [0, 0.1) is 23.7 Å². The Hall–Kier alpha value is -2.86. The molecule has 1 aliphatic heterocycles. The molecule has 4 atom stereocenters. The minimum absolute atomic E-state index is 0.164. The lowest BCUT2D eigenvalue weighted by Gasteiger charge is -2.13. The number of ether oxygens (including phenoxy) is 1. The van der Waals surface area contributed by atoms with Crippen LogP contribution in [0.25, 0.3) is 11.3 Å². The third-order valence-corrected chi connectivity index (χ3v) is 6.04. The molecule has 7 heteroatoms. The number of hydrogen-bond donors (Lipinski definition) is 0. The summed E-state index contributed by atoms with van der Waals surface area (Å²) in [4.78, 5) is 25.3. The molecule has 1 saturated heterocycles. The molecule has 1 aromatic heterocycles. The first-order chi connectivity index (χ1) is 13.6. The fourth-order valence-electron chi connectivity index (χ4n) is 4.55. The van der Waals surface area contributed by atoms with Crippen LogP contribution in [0.2, 0.25) is 5.02 Å². The number of fused-ring (bicyclic) bond motifs is 5. The van der Waals surface area contributed by atoms with Crippen molar-refractivity contribution in [2.24, 2.45) is 28.8 Å². The van der Waals surface area contributed by atoms with Crippen molar-refractivity contribution in [2.75, 3.05) is 7.11 Å². The summed E-state index contributed by atoms with van der Waals surface area (Å²) in [5, 5.41) is 5.70. The predicted molar refractivity (Wildman–Crippen MR) is 103 cm³/mol. The van der Waals surface area contributed by atoms with Gasteiger partial charge in [0.1, 0.15) is 17.3 Å². The number of carbonyl (C=O) groups is 2. The fourth-order valence-corrected chi connectivity index (χ4v) is 4.73. The number of halogens is 1. The van der Waals surface area contributed by atoms with E-state index >= 15 is 0 Å². The highest BCUT2D eigenvalue weighted by Crippen LogP contribution is 2.52. The molecular weight excluding hydrogens is 380 g/mol. The molecule has 2 aromatic rings. The SMILES string of the molecule is COc1ccc(Cl)cc1-c1ccc(C=NN2C(=O)C3C4C=CC(C4)C3C2=O)o1. The first-order valence-electron chi connectivity index (χ1n) is 9.10. The Balaban J connectivity index is 1.38. The summed E-state index contributed by atoms with van der Waals surface area (Å²) in [6.45, 7) is 0. The monoisotopic (exact) mass is 396 g/mol. The quantitative estimate of drug-likeness (QED) is 0.448. The second kappa shape index (κ2) is 6.34. The lowest BCUT2D eigenvalue weighted by molar-refractivity contribution is -0.140. The molecule has 1 aromatic carbocycles. The largest absolute Gasteiger partial charge is 0.496 e. The number of furan rings is 1. The predicted octanol–water partition coefficient (Wildman–Crippen LogP) is 3.75. The van der Waals surface area contributed by atoms with Crippen molar-refractivity contribution in [3.8, 4) is 17.1 Å². The van der Waals surface area contributed by atoms with Gasteiger partial charge in [-0.05, 0) is 48.6 Å². The Morgan fingerprint density at radius 2 is 1.86 bits per heavy atom. The summed E-state index contributed by atoms with van der Waals surface area (Å²) in [5.74, 6) is 0.981. The van der Waals surface area contributed by atoms with Crippen LogP contribution >= 0.6 is 11.6 Å². The summed E-state index contributed by atoms with van der Waals surface area (Å²) in [7, 11) is 1.57. The standard InChI is InChI=1S/C21H17ClN2O4/c1-27-16-6-4-13(22)9-15(16)17-7-5-14(28-17)10-23-24-20(25)18-11-2-3-12(8-11)19(18)21(24)26/h2-7,9-12,18-19H,8H2,1H3. The highest BCUT2D eigenvalue weighted by Gasteiger charge is 2.59. The Kier molecular flexibility index (Phi) is 3.91. The molecule has 0 N–H and O–H groups in total. The van der Waals surface area contributed by atoms with E-state index in [1.165, 1.54) is 6.21 Å². The molecule has 2 aliphatic carbocycles. The van der Waals surface area contributed by atoms with Crippen molar-refractivity contribution in [3.63, 3.8) is 0 Å². The molecule has 142 valence electrons. The summed E-state index contributed by atoms with van der Waals surface area (Å²) in [6.07, 6.45) is 6.41. The van der Waals surface area contributed by atoms with E-state index in [9.17, 15) is 9.59 Å². The van der Waals surface area contributed by atoms with E-state index in [4.69, 9.17) is 20.8 Å². The number of rotatable bonds is 4. The van der Waals surface area contributed by atoms with Gasteiger partial charge in [-0.1, -0.05) is 23.8 Å². The number of carbonyl (C=O) groups excluding carboxylic acids is 2. The Bertz CT molecular complexity index is 1010. The first kappa shape index (κ1) is 17.3. The minimum atomic E-state index is -0.262. The van der Waals surface area contributed by atoms with Crippen LogP contribution in [0.1, 0.15) is 12.2 Å². The van der Waals surface area contributed by atoms with Crippen LogP contribution in [0.15, 0.2) is 52.0 Å². The molecule has 0 radical (unpaired) electrons. The average Bonchev–Trinajstić information content (AvgIpc) is 3.46. The summed E-state index contributed by atoms with van der Waals surface area (Å²) in [5.41, 5.74) is 0.708. The summed E-state index contributed by atoms with van der Waals surface area (Å²) < 4.78 is 11.1. The van der Waals surface area contributed by atoms with Gasteiger partial charge in [-0.25, -0.2) is 0 Å². The smallest absolute Gasteiger partial charge is 0.254 e. The van der Waals surface area contributed by atoms with Gasteiger partial charge in [0.25, 0.3) is 11.8 Å². The van der Waals surface area contributed by atoms with Gasteiger partial charge in [0.05, 0.1) is 30.7 Å². The van der Waals surface area contributed by atoms with Gasteiger partial charge in [-0.2, -0.15) is 10.1 Å².